The molecular formula is C15H20BrClN2. The van der Waals surface area contributed by atoms with Gasteiger partial charge in [0.15, 0.2) is 0 Å². The summed E-state index contributed by atoms with van der Waals surface area (Å²) in [7, 11) is 0. The third-order valence-corrected chi connectivity index (χ3v) is 5.96. The number of hydrogen-bond acceptors (Lipinski definition) is 2. The van der Waals surface area contributed by atoms with Crippen LogP contribution in [0.25, 0.3) is 0 Å². The zero-order valence-electron chi connectivity index (χ0n) is 11.0. The molecule has 4 heteroatoms. The molecule has 1 aromatic carbocycles. The standard InChI is InChI=1S/C15H20BrClN2/c16-13-6-10(4-5-14(13)17)15(7-18)19-8-11-2-1-3-12(11)9-19/h4-6,11-12,15H,1-3,7-9,18H2. The second-order valence-electron chi connectivity index (χ2n) is 5.83. The maximum atomic E-state index is 6.07. The summed E-state index contributed by atoms with van der Waals surface area (Å²) in [6.45, 7) is 3.10. The molecule has 0 aromatic heterocycles. The van der Waals surface area contributed by atoms with Gasteiger partial charge in [-0.2, -0.15) is 0 Å². The molecule has 1 saturated carbocycles. The summed E-state index contributed by atoms with van der Waals surface area (Å²) in [6.07, 6.45) is 4.23. The zero-order valence-corrected chi connectivity index (χ0v) is 13.3. The summed E-state index contributed by atoms with van der Waals surface area (Å²) >= 11 is 9.58. The SMILES string of the molecule is NCC(c1ccc(Cl)c(Br)c1)N1CC2CCCC2C1. The number of benzene rings is 1. The van der Waals surface area contributed by atoms with Crippen molar-refractivity contribution in [1.29, 1.82) is 0 Å². The van der Waals surface area contributed by atoms with E-state index in [4.69, 9.17) is 17.3 Å². The van der Waals surface area contributed by atoms with Crippen LogP contribution in [0, 0.1) is 11.8 Å². The van der Waals surface area contributed by atoms with E-state index in [2.05, 4.69) is 33.0 Å². The quantitative estimate of drug-likeness (QED) is 0.903. The number of rotatable bonds is 3. The number of nitrogens with zero attached hydrogens (tertiary/aromatic N) is 1. The van der Waals surface area contributed by atoms with Crippen molar-refractivity contribution in [2.75, 3.05) is 19.6 Å². The molecule has 19 heavy (non-hydrogen) atoms. The highest BCUT2D eigenvalue weighted by Crippen LogP contribution is 2.41. The highest BCUT2D eigenvalue weighted by molar-refractivity contribution is 9.10. The Morgan fingerprint density at radius 1 is 1.32 bits per heavy atom. The summed E-state index contributed by atoms with van der Waals surface area (Å²) in [6, 6.07) is 6.52. The van der Waals surface area contributed by atoms with Crippen LogP contribution in [0.2, 0.25) is 5.02 Å². The van der Waals surface area contributed by atoms with E-state index in [0.29, 0.717) is 12.6 Å². The van der Waals surface area contributed by atoms with E-state index < -0.39 is 0 Å². The maximum absolute atomic E-state index is 6.07. The van der Waals surface area contributed by atoms with Crippen molar-refractivity contribution in [1.82, 2.24) is 4.90 Å². The summed E-state index contributed by atoms with van der Waals surface area (Å²) in [4.78, 5) is 2.57. The highest BCUT2D eigenvalue weighted by atomic mass is 79.9. The molecule has 1 saturated heterocycles. The molecule has 1 aliphatic carbocycles. The number of hydrogen-bond donors (Lipinski definition) is 1. The van der Waals surface area contributed by atoms with Crippen LogP contribution < -0.4 is 5.73 Å². The van der Waals surface area contributed by atoms with E-state index in [1.54, 1.807) is 0 Å². The molecule has 0 spiro atoms. The van der Waals surface area contributed by atoms with Crippen LogP contribution in [0.15, 0.2) is 22.7 Å². The van der Waals surface area contributed by atoms with Crippen LogP contribution in [-0.4, -0.2) is 24.5 Å². The lowest BCUT2D eigenvalue weighted by atomic mass is 10.0. The Hall–Kier alpha value is -0.0900. The molecule has 0 radical (unpaired) electrons. The van der Waals surface area contributed by atoms with Gasteiger partial charge in [0.25, 0.3) is 0 Å². The molecule has 1 heterocycles. The Balaban J connectivity index is 1.79. The van der Waals surface area contributed by atoms with E-state index in [1.165, 1.54) is 37.9 Å². The molecule has 3 rings (SSSR count). The molecule has 0 amide bonds. The molecule has 2 aliphatic rings. The second-order valence-corrected chi connectivity index (χ2v) is 7.09. The van der Waals surface area contributed by atoms with Crippen molar-refractivity contribution in [3.63, 3.8) is 0 Å². The monoisotopic (exact) mass is 342 g/mol. The van der Waals surface area contributed by atoms with Gasteiger partial charge in [-0.3, -0.25) is 4.90 Å². The van der Waals surface area contributed by atoms with Crippen LogP contribution in [-0.2, 0) is 0 Å². The smallest absolute Gasteiger partial charge is 0.0548 e. The lowest BCUT2D eigenvalue weighted by Crippen LogP contribution is -2.32. The molecule has 2 fully saturated rings. The largest absolute Gasteiger partial charge is 0.329 e. The number of nitrogens with two attached hydrogens (primary N) is 1. The van der Waals surface area contributed by atoms with E-state index in [9.17, 15) is 0 Å². The van der Waals surface area contributed by atoms with Gasteiger partial charge in [0.1, 0.15) is 0 Å². The fraction of sp³-hybridized carbons (Fsp3) is 0.600. The van der Waals surface area contributed by atoms with Crippen LogP contribution in [0.1, 0.15) is 30.9 Å². The van der Waals surface area contributed by atoms with E-state index in [0.717, 1.165) is 21.3 Å². The first kappa shape index (κ1) is 13.9. The predicted molar refractivity (Wildman–Crippen MR) is 83.4 cm³/mol. The lowest BCUT2D eigenvalue weighted by Gasteiger charge is -2.28. The van der Waals surface area contributed by atoms with Crippen molar-refractivity contribution in [2.45, 2.75) is 25.3 Å². The Kier molecular flexibility index (Phi) is 4.18. The fourth-order valence-corrected chi connectivity index (χ4v) is 4.26. The minimum absolute atomic E-state index is 0.333. The Labute approximate surface area is 128 Å². The molecular weight excluding hydrogens is 324 g/mol. The van der Waals surface area contributed by atoms with Crippen LogP contribution in [0.3, 0.4) is 0 Å². The molecule has 104 valence electrons. The van der Waals surface area contributed by atoms with E-state index in [1.807, 2.05) is 6.07 Å². The van der Waals surface area contributed by atoms with Gasteiger partial charge < -0.3 is 5.73 Å². The van der Waals surface area contributed by atoms with Gasteiger partial charge in [0.05, 0.1) is 5.02 Å². The Morgan fingerprint density at radius 3 is 2.58 bits per heavy atom. The molecule has 1 aliphatic heterocycles. The van der Waals surface area contributed by atoms with Gasteiger partial charge in [0, 0.05) is 30.1 Å². The first-order valence-electron chi connectivity index (χ1n) is 7.08. The topological polar surface area (TPSA) is 29.3 Å². The molecule has 1 aromatic rings. The van der Waals surface area contributed by atoms with E-state index in [-0.39, 0.29) is 0 Å². The summed E-state index contributed by atoms with van der Waals surface area (Å²) in [5.74, 6) is 1.81. The van der Waals surface area contributed by atoms with Crippen molar-refractivity contribution in [2.24, 2.45) is 17.6 Å². The second kappa shape index (κ2) is 5.72. The number of halogens is 2. The van der Waals surface area contributed by atoms with Gasteiger partial charge in [-0.15, -0.1) is 0 Å². The van der Waals surface area contributed by atoms with Crippen molar-refractivity contribution in [3.8, 4) is 0 Å². The van der Waals surface area contributed by atoms with Crippen LogP contribution in [0.5, 0.6) is 0 Å². The maximum Gasteiger partial charge on any atom is 0.0548 e. The van der Waals surface area contributed by atoms with Crippen LogP contribution >= 0.6 is 27.5 Å². The average Bonchev–Trinajstić information content (AvgIpc) is 2.95. The summed E-state index contributed by atoms with van der Waals surface area (Å²) < 4.78 is 0.963. The minimum atomic E-state index is 0.333. The summed E-state index contributed by atoms with van der Waals surface area (Å²) in [5.41, 5.74) is 7.31. The Bertz CT molecular complexity index is 453. The van der Waals surface area contributed by atoms with E-state index >= 15 is 0 Å². The molecule has 3 unspecified atom stereocenters. The molecule has 0 bridgehead atoms. The number of fused-ring (bicyclic) bond motifs is 1. The normalized spacial score (nSPS) is 28.6. The Morgan fingerprint density at radius 2 is 2.00 bits per heavy atom. The van der Waals surface area contributed by atoms with Crippen molar-refractivity contribution < 1.29 is 0 Å². The average molecular weight is 344 g/mol. The minimum Gasteiger partial charge on any atom is -0.329 e. The first-order chi connectivity index (χ1) is 9.19. The van der Waals surface area contributed by atoms with Gasteiger partial charge in [-0.05, 0) is 58.3 Å². The van der Waals surface area contributed by atoms with Crippen molar-refractivity contribution in [3.05, 3.63) is 33.3 Å². The van der Waals surface area contributed by atoms with Crippen molar-refractivity contribution >= 4 is 27.5 Å². The zero-order chi connectivity index (χ0) is 13.4. The molecule has 2 N–H and O–H groups in total. The predicted octanol–water partition coefficient (Wildman–Crippen LogP) is 3.83. The van der Waals surface area contributed by atoms with Gasteiger partial charge in [-0.1, -0.05) is 24.1 Å². The third kappa shape index (κ3) is 2.71. The lowest BCUT2D eigenvalue weighted by molar-refractivity contribution is 0.232. The van der Waals surface area contributed by atoms with Gasteiger partial charge >= 0.3 is 0 Å². The summed E-state index contributed by atoms with van der Waals surface area (Å²) in [5, 5.41) is 0.762. The number of likely N-dealkylation sites (tertiary alicyclic amines) is 1. The first-order valence-corrected chi connectivity index (χ1v) is 8.25. The van der Waals surface area contributed by atoms with Gasteiger partial charge in [0.2, 0.25) is 0 Å². The highest BCUT2D eigenvalue weighted by Gasteiger charge is 2.38. The fourth-order valence-electron chi connectivity index (χ4n) is 3.74. The van der Waals surface area contributed by atoms with Gasteiger partial charge in [-0.25, -0.2) is 0 Å². The van der Waals surface area contributed by atoms with Crippen LogP contribution in [0.4, 0.5) is 0 Å². The third-order valence-electron chi connectivity index (χ3n) is 4.75. The molecule has 2 nitrogen and oxygen atoms in total. The molecule has 3 atom stereocenters.